The fourth-order valence-electron chi connectivity index (χ4n) is 2.16. The first kappa shape index (κ1) is 14.4. The van der Waals surface area contributed by atoms with Crippen molar-refractivity contribution in [1.82, 2.24) is 9.88 Å². The third-order valence-electron chi connectivity index (χ3n) is 3.17. The molecule has 1 aliphatic rings. The Bertz CT molecular complexity index is 470. The van der Waals surface area contributed by atoms with E-state index in [9.17, 15) is 9.18 Å². The van der Waals surface area contributed by atoms with Crippen LogP contribution >= 0.6 is 15.9 Å². The number of amides is 1. The highest BCUT2D eigenvalue weighted by Gasteiger charge is 2.27. The lowest BCUT2D eigenvalue weighted by Crippen LogP contribution is -2.29. The van der Waals surface area contributed by atoms with Crippen LogP contribution in [0, 0.1) is 11.9 Å². The summed E-state index contributed by atoms with van der Waals surface area (Å²) in [5.41, 5.74) is 0.408. The van der Waals surface area contributed by atoms with Gasteiger partial charge in [0.15, 0.2) is 0 Å². The minimum absolute atomic E-state index is 0.104. The third-order valence-corrected chi connectivity index (χ3v) is 3.73. The largest absolute Gasteiger partial charge is 0.381 e. The molecule has 1 saturated heterocycles. The van der Waals surface area contributed by atoms with E-state index in [1.807, 2.05) is 6.92 Å². The zero-order chi connectivity index (χ0) is 13.8. The van der Waals surface area contributed by atoms with Gasteiger partial charge in [0.2, 0.25) is 5.95 Å². The summed E-state index contributed by atoms with van der Waals surface area (Å²) in [6.45, 7) is 4.74. The molecule has 1 aliphatic heterocycles. The zero-order valence-electron chi connectivity index (χ0n) is 10.7. The highest BCUT2D eigenvalue weighted by molar-refractivity contribution is 9.10. The maximum absolute atomic E-state index is 13.0. The van der Waals surface area contributed by atoms with E-state index in [1.165, 1.54) is 12.3 Å². The normalized spacial score (nSPS) is 18.9. The molecule has 2 heterocycles. The summed E-state index contributed by atoms with van der Waals surface area (Å²) in [6.07, 6.45) is 2.22. The lowest BCUT2D eigenvalue weighted by molar-refractivity contribution is 0.0762. The summed E-state index contributed by atoms with van der Waals surface area (Å²) >= 11 is 3.04. The van der Waals surface area contributed by atoms with Crippen molar-refractivity contribution in [3.05, 3.63) is 28.2 Å². The SMILES string of the molecule is CCOC[C@H]1CCN(C(=O)c2cnc(F)c(Br)c2)C1. The van der Waals surface area contributed by atoms with E-state index in [0.717, 1.165) is 6.42 Å². The molecule has 0 unspecified atom stereocenters. The third kappa shape index (κ3) is 3.51. The molecule has 104 valence electrons. The zero-order valence-corrected chi connectivity index (χ0v) is 12.3. The van der Waals surface area contributed by atoms with Gasteiger partial charge in [-0.25, -0.2) is 4.98 Å². The predicted octanol–water partition coefficient (Wildman–Crippen LogP) is 2.48. The number of pyridine rings is 1. The molecule has 0 N–H and O–H groups in total. The highest BCUT2D eigenvalue weighted by Crippen LogP contribution is 2.21. The number of aromatic nitrogens is 1. The Morgan fingerprint density at radius 3 is 3.16 bits per heavy atom. The fraction of sp³-hybridized carbons (Fsp3) is 0.538. The second-order valence-corrected chi connectivity index (χ2v) is 5.42. The van der Waals surface area contributed by atoms with Crippen LogP contribution in [-0.2, 0) is 4.74 Å². The Morgan fingerprint density at radius 1 is 1.68 bits per heavy atom. The number of rotatable bonds is 4. The lowest BCUT2D eigenvalue weighted by atomic mass is 10.1. The van der Waals surface area contributed by atoms with Crippen LogP contribution in [0.3, 0.4) is 0 Å². The van der Waals surface area contributed by atoms with E-state index < -0.39 is 5.95 Å². The van der Waals surface area contributed by atoms with Gasteiger partial charge in [-0.2, -0.15) is 4.39 Å². The topological polar surface area (TPSA) is 42.4 Å². The van der Waals surface area contributed by atoms with Crippen LogP contribution in [0.5, 0.6) is 0 Å². The van der Waals surface area contributed by atoms with E-state index in [1.54, 1.807) is 4.90 Å². The maximum Gasteiger partial charge on any atom is 0.255 e. The first-order valence-electron chi connectivity index (χ1n) is 6.30. The molecule has 4 nitrogen and oxygen atoms in total. The van der Waals surface area contributed by atoms with E-state index >= 15 is 0 Å². The molecular weight excluding hydrogens is 315 g/mol. The molecule has 1 atom stereocenters. The van der Waals surface area contributed by atoms with Gasteiger partial charge in [0.05, 0.1) is 16.6 Å². The molecule has 6 heteroatoms. The smallest absolute Gasteiger partial charge is 0.255 e. The number of carbonyl (C=O) groups excluding carboxylic acids is 1. The lowest BCUT2D eigenvalue weighted by Gasteiger charge is -2.16. The van der Waals surface area contributed by atoms with Gasteiger partial charge in [0, 0.05) is 31.8 Å². The van der Waals surface area contributed by atoms with Crippen LogP contribution in [0.15, 0.2) is 16.7 Å². The molecule has 0 aliphatic carbocycles. The number of hydrogen-bond donors (Lipinski definition) is 0. The predicted molar refractivity (Wildman–Crippen MR) is 72.4 cm³/mol. The van der Waals surface area contributed by atoms with Crippen molar-refractivity contribution >= 4 is 21.8 Å². The van der Waals surface area contributed by atoms with Crippen LogP contribution in [0.2, 0.25) is 0 Å². The van der Waals surface area contributed by atoms with Crippen molar-refractivity contribution in [3.63, 3.8) is 0 Å². The molecule has 0 saturated carbocycles. The molecule has 0 bridgehead atoms. The molecule has 0 spiro atoms. The molecule has 0 aromatic carbocycles. The number of ether oxygens (including phenoxy) is 1. The summed E-state index contributed by atoms with van der Waals surface area (Å²) in [5, 5.41) is 0. The van der Waals surface area contributed by atoms with Crippen LogP contribution < -0.4 is 0 Å². The number of halogens is 2. The van der Waals surface area contributed by atoms with E-state index in [2.05, 4.69) is 20.9 Å². The summed E-state index contributed by atoms with van der Waals surface area (Å²) in [5.74, 6) is -0.319. The highest BCUT2D eigenvalue weighted by atomic mass is 79.9. The summed E-state index contributed by atoms with van der Waals surface area (Å²) in [6, 6.07) is 1.47. The maximum atomic E-state index is 13.0. The Morgan fingerprint density at radius 2 is 2.47 bits per heavy atom. The van der Waals surface area contributed by atoms with Gasteiger partial charge in [0.1, 0.15) is 0 Å². The van der Waals surface area contributed by atoms with Crippen LogP contribution in [0.1, 0.15) is 23.7 Å². The standard InChI is InChI=1S/C13H16BrFN2O2/c1-2-19-8-9-3-4-17(7-9)13(18)10-5-11(14)12(15)16-6-10/h5-6,9H,2-4,7-8H2,1H3/t9-/m0/s1. The van der Waals surface area contributed by atoms with Crippen LogP contribution in [0.4, 0.5) is 4.39 Å². The molecule has 1 aromatic heterocycles. The van der Waals surface area contributed by atoms with Gasteiger partial charge in [-0.1, -0.05) is 0 Å². The van der Waals surface area contributed by atoms with Crippen LogP contribution in [-0.4, -0.2) is 42.1 Å². The average Bonchev–Trinajstić information content (AvgIpc) is 2.87. The number of hydrogen-bond acceptors (Lipinski definition) is 3. The summed E-state index contributed by atoms with van der Waals surface area (Å²) in [4.78, 5) is 17.6. The fourth-order valence-corrected chi connectivity index (χ4v) is 2.51. The van der Waals surface area contributed by atoms with Crippen LogP contribution in [0.25, 0.3) is 0 Å². The van der Waals surface area contributed by atoms with Gasteiger partial charge < -0.3 is 9.64 Å². The van der Waals surface area contributed by atoms with E-state index in [4.69, 9.17) is 4.74 Å². The molecular formula is C13H16BrFN2O2. The Kier molecular flexibility index (Phi) is 4.87. The quantitative estimate of drug-likeness (QED) is 0.796. The van der Waals surface area contributed by atoms with Crippen molar-refractivity contribution in [2.24, 2.45) is 5.92 Å². The second kappa shape index (κ2) is 6.43. The van der Waals surface area contributed by atoms with Gasteiger partial charge >= 0.3 is 0 Å². The van der Waals surface area contributed by atoms with Crippen molar-refractivity contribution in [2.45, 2.75) is 13.3 Å². The Hall–Kier alpha value is -1.01. The van der Waals surface area contributed by atoms with Crippen molar-refractivity contribution < 1.29 is 13.9 Å². The Labute approximate surface area is 120 Å². The van der Waals surface area contributed by atoms with E-state index in [0.29, 0.717) is 37.8 Å². The Balaban J connectivity index is 1.99. The van der Waals surface area contributed by atoms with Crippen molar-refractivity contribution in [3.8, 4) is 0 Å². The molecule has 2 rings (SSSR count). The average molecular weight is 331 g/mol. The molecule has 1 aromatic rings. The number of nitrogens with zero attached hydrogens (tertiary/aromatic N) is 2. The van der Waals surface area contributed by atoms with E-state index in [-0.39, 0.29) is 10.4 Å². The van der Waals surface area contributed by atoms with Crippen molar-refractivity contribution in [2.75, 3.05) is 26.3 Å². The van der Waals surface area contributed by atoms with Gasteiger partial charge in [-0.3, -0.25) is 4.79 Å². The summed E-state index contributed by atoms with van der Waals surface area (Å²) in [7, 11) is 0. The number of carbonyl (C=O) groups is 1. The second-order valence-electron chi connectivity index (χ2n) is 4.56. The first-order valence-corrected chi connectivity index (χ1v) is 7.09. The summed E-state index contributed by atoms with van der Waals surface area (Å²) < 4.78 is 18.6. The van der Waals surface area contributed by atoms with Crippen molar-refractivity contribution in [1.29, 1.82) is 0 Å². The first-order chi connectivity index (χ1) is 9.11. The van der Waals surface area contributed by atoms with Gasteiger partial charge in [-0.05, 0) is 35.3 Å². The minimum Gasteiger partial charge on any atom is -0.381 e. The molecule has 1 amide bonds. The minimum atomic E-state index is -0.604. The van der Waals surface area contributed by atoms with Gasteiger partial charge in [-0.15, -0.1) is 0 Å². The molecule has 19 heavy (non-hydrogen) atoms. The molecule has 1 fully saturated rings. The molecule has 0 radical (unpaired) electrons. The number of likely N-dealkylation sites (tertiary alicyclic amines) is 1. The monoisotopic (exact) mass is 330 g/mol. The van der Waals surface area contributed by atoms with Gasteiger partial charge in [0.25, 0.3) is 5.91 Å².